The molecular formula is C19H23N3O3. The number of hydrogen-bond donors (Lipinski definition) is 1. The normalized spacial score (nSPS) is 12.6. The lowest BCUT2D eigenvalue weighted by atomic mass is 10.2. The highest BCUT2D eigenvalue weighted by Gasteiger charge is 2.14. The highest BCUT2D eigenvalue weighted by atomic mass is 16.6. The molecular weight excluding hydrogens is 318 g/mol. The lowest BCUT2D eigenvalue weighted by Gasteiger charge is -2.19. The predicted octanol–water partition coefficient (Wildman–Crippen LogP) is 3.47. The van der Waals surface area contributed by atoms with Crippen molar-refractivity contribution in [3.63, 3.8) is 0 Å². The van der Waals surface area contributed by atoms with Crippen LogP contribution in [-0.2, 0) is 0 Å². The number of amides is 1. The van der Waals surface area contributed by atoms with Crippen LogP contribution in [0, 0.1) is 0 Å². The Morgan fingerprint density at radius 1 is 1.16 bits per heavy atom. The monoisotopic (exact) mass is 341 g/mol. The molecule has 0 fully saturated rings. The third kappa shape index (κ3) is 4.21. The van der Waals surface area contributed by atoms with Crippen LogP contribution in [0.3, 0.4) is 0 Å². The molecule has 1 aromatic carbocycles. The van der Waals surface area contributed by atoms with Gasteiger partial charge < -0.3 is 19.7 Å². The molecule has 0 saturated carbocycles. The van der Waals surface area contributed by atoms with Gasteiger partial charge >= 0.3 is 0 Å². The summed E-state index contributed by atoms with van der Waals surface area (Å²) in [5.41, 5.74) is 2.14. The summed E-state index contributed by atoms with van der Waals surface area (Å²) in [5.74, 6) is 1.43. The highest BCUT2D eigenvalue weighted by Crippen LogP contribution is 2.33. The largest absolute Gasteiger partial charge is 0.486 e. The summed E-state index contributed by atoms with van der Waals surface area (Å²) < 4.78 is 11.1. The van der Waals surface area contributed by atoms with Crippen molar-refractivity contribution in [3.8, 4) is 11.5 Å². The molecule has 132 valence electrons. The third-order valence-corrected chi connectivity index (χ3v) is 4.01. The zero-order chi connectivity index (χ0) is 17.6. The van der Waals surface area contributed by atoms with Crippen LogP contribution in [0.2, 0.25) is 0 Å². The Labute approximate surface area is 147 Å². The summed E-state index contributed by atoms with van der Waals surface area (Å²) in [5, 5.41) is 3.26. The average molecular weight is 341 g/mol. The van der Waals surface area contributed by atoms with E-state index in [0.717, 1.165) is 42.3 Å². The van der Waals surface area contributed by atoms with E-state index in [-0.39, 0.29) is 5.91 Å². The number of aromatic nitrogens is 1. The van der Waals surface area contributed by atoms with Crippen molar-refractivity contribution in [2.75, 3.05) is 32.1 Å². The smallest absolute Gasteiger partial charge is 0.272 e. The van der Waals surface area contributed by atoms with Crippen LogP contribution in [0.4, 0.5) is 11.4 Å². The fourth-order valence-electron chi connectivity index (χ4n) is 2.57. The van der Waals surface area contributed by atoms with Gasteiger partial charge in [0.15, 0.2) is 11.5 Å². The SMILES string of the molecule is CCCCN(C)C(=O)c1ccc(Nc2ccc3c(c2)OCCO3)cn1. The minimum Gasteiger partial charge on any atom is -0.486 e. The van der Waals surface area contributed by atoms with E-state index in [1.165, 1.54) is 0 Å². The van der Waals surface area contributed by atoms with Crippen molar-refractivity contribution in [1.29, 1.82) is 0 Å². The van der Waals surface area contributed by atoms with E-state index >= 15 is 0 Å². The van der Waals surface area contributed by atoms with Gasteiger partial charge in [0.2, 0.25) is 0 Å². The number of rotatable bonds is 6. The molecule has 2 heterocycles. The van der Waals surface area contributed by atoms with Gasteiger partial charge in [-0.2, -0.15) is 0 Å². The van der Waals surface area contributed by atoms with Crippen molar-refractivity contribution in [1.82, 2.24) is 9.88 Å². The molecule has 2 aromatic rings. The molecule has 0 radical (unpaired) electrons. The van der Waals surface area contributed by atoms with Crippen LogP contribution in [-0.4, -0.2) is 42.6 Å². The van der Waals surface area contributed by atoms with Crippen molar-refractivity contribution >= 4 is 17.3 Å². The number of ether oxygens (including phenoxy) is 2. The minimum atomic E-state index is -0.0562. The standard InChI is InChI=1S/C19H23N3O3/c1-3-4-9-22(2)19(23)16-7-5-15(13-20-16)21-14-6-8-17-18(12-14)25-11-10-24-17/h5-8,12-13,21H,3-4,9-11H2,1-2H3. The Balaban J connectivity index is 1.65. The first-order chi connectivity index (χ1) is 12.2. The molecule has 6 nitrogen and oxygen atoms in total. The number of unbranched alkanes of at least 4 members (excludes halogenated alkanes) is 1. The van der Waals surface area contributed by atoms with Crippen LogP contribution in [0.25, 0.3) is 0 Å². The summed E-state index contributed by atoms with van der Waals surface area (Å²) >= 11 is 0. The highest BCUT2D eigenvalue weighted by molar-refractivity contribution is 5.92. The molecule has 1 aromatic heterocycles. The number of fused-ring (bicyclic) bond motifs is 1. The second-order valence-electron chi connectivity index (χ2n) is 6.00. The summed E-state index contributed by atoms with van der Waals surface area (Å²) in [6.07, 6.45) is 3.72. The molecule has 25 heavy (non-hydrogen) atoms. The minimum absolute atomic E-state index is 0.0562. The van der Waals surface area contributed by atoms with E-state index in [9.17, 15) is 4.79 Å². The molecule has 0 aliphatic carbocycles. The van der Waals surface area contributed by atoms with Crippen molar-refractivity contribution in [2.45, 2.75) is 19.8 Å². The Hall–Kier alpha value is -2.76. The maximum Gasteiger partial charge on any atom is 0.272 e. The maximum absolute atomic E-state index is 12.3. The Morgan fingerprint density at radius 2 is 1.92 bits per heavy atom. The quantitative estimate of drug-likeness (QED) is 0.872. The fourth-order valence-corrected chi connectivity index (χ4v) is 2.57. The first-order valence-corrected chi connectivity index (χ1v) is 8.55. The van der Waals surface area contributed by atoms with E-state index in [0.29, 0.717) is 18.9 Å². The molecule has 0 bridgehead atoms. The van der Waals surface area contributed by atoms with Gasteiger partial charge in [-0.1, -0.05) is 13.3 Å². The first kappa shape index (κ1) is 17.1. The Bertz CT molecular complexity index is 731. The number of nitrogens with one attached hydrogen (secondary N) is 1. The van der Waals surface area contributed by atoms with Crippen molar-refractivity contribution < 1.29 is 14.3 Å². The lowest BCUT2D eigenvalue weighted by Crippen LogP contribution is -2.28. The molecule has 0 spiro atoms. The van der Waals surface area contributed by atoms with Crippen LogP contribution < -0.4 is 14.8 Å². The van der Waals surface area contributed by atoms with Crippen LogP contribution in [0.1, 0.15) is 30.3 Å². The van der Waals surface area contributed by atoms with Gasteiger partial charge in [0.1, 0.15) is 18.9 Å². The number of benzene rings is 1. The molecule has 3 rings (SSSR count). The van der Waals surface area contributed by atoms with E-state index in [1.807, 2.05) is 24.3 Å². The van der Waals surface area contributed by atoms with Gasteiger partial charge in [-0.3, -0.25) is 4.79 Å². The van der Waals surface area contributed by atoms with Crippen molar-refractivity contribution in [3.05, 3.63) is 42.2 Å². The zero-order valence-corrected chi connectivity index (χ0v) is 14.6. The van der Waals surface area contributed by atoms with Gasteiger partial charge in [0.05, 0.1) is 11.9 Å². The molecule has 0 unspecified atom stereocenters. The Morgan fingerprint density at radius 3 is 2.64 bits per heavy atom. The van der Waals surface area contributed by atoms with Gasteiger partial charge in [-0.15, -0.1) is 0 Å². The predicted molar refractivity (Wildman–Crippen MR) is 96.8 cm³/mol. The summed E-state index contributed by atoms with van der Waals surface area (Å²) in [6, 6.07) is 9.29. The first-order valence-electron chi connectivity index (χ1n) is 8.55. The van der Waals surface area contributed by atoms with Crippen LogP contribution in [0.5, 0.6) is 11.5 Å². The van der Waals surface area contributed by atoms with Gasteiger partial charge in [0.25, 0.3) is 5.91 Å². The zero-order valence-electron chi connectivity index (χ0n) is 14.6. The molecule has 1 aliphatic rings. The summed E-state index contributed by atoms with van der Waals surface area (Å²) in [4.78, 5) is 18.3. The topological polar surface area (TPSA) is 63.7 Å². The van der Waals surface area contributed by atoms with E-state index < -0.39 is 0 Å². The summed E-state index contributed by atoms with van der Waals surface area (Å²) in [6.45, 7) is 3.98. The van der Waals surface area contributed by atoms with Crippen LogP contribution in [0.15, 0.2) is 36.5 Å². The van der Waals surface area contributed by atoms with Crippen molar-refractivity contribution in [2.24, 2.45) is 0 Å². The van der Waals surface area contributed by atoms with E-state index in [2.05, 4.69) is 17.2 Å². The fraction of sp³-hybridized carbons (Fsp3) is 0.368. The summed E-state index contributed by atoms with van der Waals surface area (Å²) in [7, 11) is 1.81. The van der Waals surface area contributed by atoms with Gasteiger partial charge in [-0.05, 0) is 30.7 Å². The van der Waals surface area contributed by atoms with Crippen LogP contribution >= 0.6 is 0 Å². The molecule has 1 N–H and O–H groups in total. The number of hydrogen-bond acceptors (Lipinski definition) is 5. The molecule has 1 aliphatic heterocycles. The number of pyridine rings is 1. The van der Waals surface area contributed by atoms with E-state index in [1.54, 1.807) is 24.2 Å². The number of anilines is 2. The van der Waals surface area contributed by atoms with Gasteiger partial charge in [-0.25, -0.2) is 4.98 Å². The second-order valence-corrected chi connectivity index (χ2v) is 6.00. The lowest BCUT2D eigenvalue weighted by molar-refractivity contribution is 0.0787. The molecule has 0 atom stereocenters. The van der Waals surface area contributed by atoms with E-state index in [4.69, 9.17) is 9.47 Å². The third-order valence-electron chi connectivity index (χ3n) is 4.01. The molecule has 0 saturated heterocycles. The van der Waals surface area contributed by atoms with Gasteiger partial charge in [0, 0.05) is 25.3 Å². The number of nitrogens with zero attached hydrogens (tertiary/aromatic N) is 2. The average Bonchev–Trinajstić information content (AvgIpc) is 2.66. The molecule has 6 heteroatoms. The number of carbonyl (C=O) groups is 1. The Kier molecular flexibility index (Phi) is 5.38. The maximum atomic E-state index is 12.3. The second kappa shape index (κ2) is 7.88. The number of carbonyl (C=O) groups excluding carboxylic acids is 1. The molecule has 1 amide bonds.